The van der Waals surface area contributed by atoms with Gasteiger partial charge in [0.15, 0.2) is 0 Å². The standard InChI is InChI=1S/C14H14IO3P/c15-11-12-19(16,17-13-7-3-1-4-8-13)18-14-9-5-2-6-10-14/h1-10H,11-12H2. The van der Waals surface area contributed by atoms with E-state index in [0.717, 1.165) is 0 Å². The van der Waals surface area contributed by atoms with E-state index in [9.17, 15) is 4.57 Å². The highest BCUT2D eigenvalue weighted by atomic mass is 127. The number of hydrogen-bond acceptors (Lipinski definition) is 3. The predicted molar refractivity (Wildman–Crippen MR) is 85.5 cm³/mol. The minimum absolute atomic E-state index is 0.372. The van der Waals surface area contributed by atoms with Gasteiger partial charge in [0.2, 0.25) is 0 Å². The molecule has 0 saturated carbocycles. The summed E-state index contributed by atoms with van der Waals surface area (Å²) in [6, 6.07) is 18.2. The molecule has 2 aromatic carbocycles. The Morgan fingerprint density at radius 2 is 1.26 bits per heavy atom. The van der Waals surface area contributed by atoms with Gasteiger partial charge in [-0.1, -0.05) is 59.0 Å². The number of alkyl halides is 1. The molecule has 0 fully saturated rings. The molecular weight excluding hydrogens is 374 g/mol. The Morgan fingerprint density at radius 3 is 1.63 bits per heavy atom. The first-order valence-corrected chi connectivity index (χ1v) is 9.11. The zero-order chi connectivity index (χ0) is 13.6. The zero-order valence-electron chi connectivity index (χ0n) is 10.2. The molecule has 19 heavy (non-hydrogen) atoms. The Kier molecular flexibility index (Phi) is 5.28. The Balaban J connectivity index is 2.16. The van der Waals surface area contributed by atoms with E-state index in [0.29, 0.717) is 22.1 Å². The largest absolute Gasteiger partial charge is 0.431 e. The molecule has 100 valence electrons. The van der Waals surface area contributed by atoms with Crippen LogP contribution in [0.15, 0.2) is 60.7 Å². The van der Waals surface area contributed by atoms with Gasteiger partial charge in [0.05, 0.1) is 6.16 Å². The fraction of sp³-hybridized carbons (Fsp3) is 0.143. The Labute approximate surface area is 126 Å². The smallest absolute Gasteiger partial charge is 0.416 e. The van der Waals surface area contributed by atoms with Crippen LogP contribution in [0.25, 0.3) is 0 Å². The number of rotatable bonds is 6. The van der Waals surface area contributed by atoms with Crippen molar-refractivity contribution >= 4 is 30.2 Å². The highest BCUT2D eigenvalue weighted by molar-refractivity contribution is 14.1. The molecule has 0 saturated heterocycles. The van der Waals surface area contributed by atoms with Crippen molar-refractivity contribution < 1.29 is 13.6 Å². The van der Waals surface area contributed by atoms with Gasteiger partial charge < -0.3 is 9.05 Å². The third kappa shape index (κ3) is 4.55. The monoisotopic (exact) mass is 388 g/mol. The molecule has 0 aliphatic carbocycles. The van der Waals surface area contributed by atoms with Crippen LogP contribution in [0.3, 0.4) is 0 Å². The van der Waals surface area contributed by atoms with Crippen molar-refractivity contribution in [3.8, 4) is 11.5 Å². The highest BCUT2D eigenvalue weighted by Crippen LogP contribution is 2.48. The fourth-order valence-corrected chi connectivity index (χ4v) is 4.58. The average Bonchev–Trinajstić information content (AvgIpc) is 2.41. The van der Waals surface area contributed by atoms with E-state index in [2.05, 4.69) is 22.6 Å². The van der Waals surface area contributed by atoms with Crippen LogP contribution in [-0.4, -0.2) is 10.6 Å². The highest BCUT2D eigenvalue weighted by Gasteiger charge is 2.27. The minimum Gasteiger partial charge on any atom is -0.416 e. The molecule has 5 heteroatoms. The van der Waals surface area contributed by atoms with Crippen molar-refractivity contribution in [2.75, 3.05) is 10.6 Å². The van der Waals surface area contributed by atoms with Crippen LogP contribution in [0.1, 0.15) is 0 Å². The Morgan fingerprint density at radius 1 is 0.842 bits per heavy atom. The molecule has 0 radical (unpaired) electrons. The number of halogens is 1. The summed E-state index contributed by atoms with van der Waals surface area (Å²) in [5, 5.41) is 0. The van der Waals surface area contributed by atoms with Crippen molar-refractivity contribution in [1.29, 1.82) is 0 Å². The van der Waals surface area contributed by atoms with Crippen LogP contribution >= 0.6 is 30.2 Å². The molecule has 0 unspecified atom stereocenters. The minimum atomic E-state index is -3.17. The second-order valence-corrected chi connectivity index (χ2v) is 6.95. The summed E-state index contributed by atoms with van der Waals surface area (Å²) < 4.78 is 24.6. The maximum Gasteiger partial charge on any atom is 0.431 e. The zero-order valence-corrected chi connectivity index (χ0v) is 13.3. The maximum atomic E-state index is 12.7. The molecule has 0 spiro atoms. The lowest BCUT2D eigenvalue weighted by Gasteiger charge is -2.19. The van der Waals surface area contributed by atoms with Crippen LogP contribution in [0, 0.1) is 0 Å². The quantitative estimate of drug-likeness (QED) is 0.406. The van der Waals surface area contributed by atoms with Crippen molar-refractivity contribution in [3.63, 3.8) is 0 Å². The van der Waals surface area contributed by atoms with Gasteiger partial charge in [0, 0.05) is 4.43 Å². The van der Waals surface area contributed by atoms with E-state index < -0.39 is 7.60 Å². The first-order valence-electron chi connectivity index (χ1n) is 5.86. The Bertz CT molecular complexity index is 500. The molecule has 2 aromatic rings. The van der Waals surface area contributed by atoms with Gasteiger partial charge in [-0.25, -0.2) is 4.57 Å². The summed E-state index contributed by atoms with van der Waals surface area (Å²) in [4.78, 5) is 0. The van der Waals surface area contributed by atoms with E-state index in [4.69, 9.17) is 9.05 Å². The third-order valence-electron chi connectivity index (χ3n) is 2.33. The molecule has 0 aliphatic heterocycles. The molecule has 0 heterocycles. The Hall–Kier alpha value is -1.00. The summed E-state index contributed by atoms with van der Waals surface area (Å²) in [5.74, 6) is 1.12. The van der Waals surface area contributed by atoms with Crippen LogP contribution in [0.4, 0.5) is 0 Å². The van der Waals surface area contributed by atoms with Crippen LogP contribution in [-0.2, 0) is 4.57 Å². The predicted octanol–water partition coefficient (Wildman–Crippen LogP) is 4.77. The topological polar surface area (TPSA) is 35.5 Å². The van der Waals surface area contributed by atoms with E-state index in [-0.39, 0.29) is 0 Å². The SMILES string of the molecule is O=P(CCI)(Oc1ccccc1)Oc1ccccc1. The van der Waals surface area contributed by atoms with Crippen molar-refractivity contribution in [1.82, 2.24) is 0 Å². The molecule has 0 aromatic heterocycles. The molecule has 0 bridgehead atoms. The molecular formula is C14H14IO3P. The summed E-state index contributed by atoms with van der Waals surface area (Å²) >= 11 is 2.17. The molecule has 0 atom stereocenters. The first kappa shape index (κ1) is 14.4. The average molecular weight is 388 g/mol. The summed E-state index contributed by atoms with van der Waals surface area (Å²) in [5.41, 5.74) is 0. The summed E-state index contributed by atoms with van der Waals surface area (Å²) in [6.07, 6.45) is 0.372. The van der Waals surface area contributed by atoms with Gasteiger partial charge in [-0.2, -0.15) is 0 Å². The van der Waals surface area contributed by atoms with Crippen molar-refractivity contribution in [3.05, 3.63) is 60.7 Å². The second kappa shape index (κ2) is 6.96. The lowest BCUT2D eigenvalue weighted by Crippen LogP contribution is -2.05. The van der Waals surface area contributed by atoms with Gasteiger partial charge in [-0.15, -0.1) is 0 Å². The molecule has 0 amide bonds. The van der Waals surface area contributed by atoms with E-state index in [1.54, 1.807) is 24.3 Å². The van der Waals surface area contributed by atoms with Crippen molar-refractivity contribution in [2.45, 2.75) is 0 Å². The second-order valence-electron chi connectivity index (χ2n) is 3.83. The number of benzene rings is 2. The molecule has 0 N–H and O–H groups in total. The van der Waals surface area contributed by atoms with Crippen LogP contribution in [0.5, 0.6) is 11.5 Å². The van der Waals surface area contributed by atoms with Gasteiger partial charge in [-0.3, -0.25) is 0 Å². The number of para-hydroxylation sites is 2. The summed E-state index contributed by atoms with van der Waals surface area (Å²) in [7, 11) is -3.17. The van der Waals surface area contributed by atoms with Gasteiger partial charge in [-0.05, 0) is 24.3 Å². The maximum absolute atomic E-state index is 12.7. The molecule has 2 rings (SSSR count). The molecule has 3 nitrogen and oxygen atoms in total. The van der Waals surface area contributed by atoms with Gasteiger partial charge >= 0.3 is 7.60 Å². The first-order chi connectivity index (χ1) is 9.22. The normalized spacial score (nSPS) is 11.0. The van der Waals surface area contributed by atoms with E-state index >= 15 is 0 Å². The van der Waals surface area contributed by atoms with E-state index in [1.165, 1.54) is 0 Å². The van der Waals surface area contributed by atoms with Gasteiger partial charge in [0.25, 0.3) is 0 Å². The van der Waals surface area contributed by atoms with Crippen LogP contribution in [0.2, 0.25) is 0 Å². The number of hydrogen-bond donors (Lipinski definition) is 0. The van der Waals surface area contributed by atoms with Gasteiger partial charge in [0.1, 0.15) is 11.5 Å². The lowest BCUT2D eigenvalue weighted by molar-refractivity contribution is 0.388. The van der Waals surface area contributed by atoms with E-state index in [1.807, 2.05) is 36.4 Å². The lowest BCUT2D eigenvalue weighted by atomic mass is 10.3. The van der Waals surface area contributed by atoms with Crippen LogP contribution < -0.4 is 9.05 Å². The summed E-state index contributed by atoms with van der Waals surface area (Å²) in [6.45, 7) is 0. The molecule has 0 aliphatic rings. The van der Waals surface area contributed by atoms with Crippen molar-refractivity contribution in [2.24, 2.45) is 0 Å². The third-order valence-corrected chi connectivity index (χ3v) is 5.48. The fourth-order valence-electron chi connectivity index (χ4n) is 1.50.